The van der Waals surface area contributed by atoms with Gasteiger partial charge in [-0.15, -0.1) is 12.4 Å². The minimum Gasteiger partial charge on any atom is -0.341 e. The molecule has 3 nitrogen and oxygen atoms in total. The molecule has 2 aromatic carbocycles. The lowest BCUT2D eigenvalue weighted by Crippen LogP contribution is -2.38. The van der Waals surface area contributed by atoms with Gasteiger partial charge in [-0.1, -0.05) is 48.5 Å². The van der Waals surface area contributed by atoms with Gasteiger partial charge in [-0.25, -0.2) is 0 Å². The first-order valence-corrected chi connectivity index (χ1v) is 9.57. The molecule has 2 fully saturated rings. The molecule has 2 atom stereocenters. The standard InChI is InChI=1S/C22H23F3N2O.ClH/c23-22(24,25)18-8-4-7-17(11-18)21(9-10-21)20(28)27-13-16(12-26)19(14-27)15-5-2-1-3-6-15;/h1-8,11,16,19H,9-10,12-14,26H2;1H/t16-,19+;/m1./s1. The van der Waals surface area contributed by atoms with Crippen LogP contribution in [0.15, 0.2) is 54.6 Å². The highest BCUT2D eigenvalue weighted by atomic mass is 35.5. The van der Waals surface area contributed by atoms with E-state index >= 15 is 0 Å². The second-order valence-electron chi connectivity index (χ2n) is 7.88. The quantitative estimate of drug-likeness (QED) is 0.792. The fourth-order valence-corrected chi connectivity index (χ4v) is 4.40. The maximum absolute atomic E-state index is 13.3. The van der Waals surface area contributed by atoms with Crippen molar-refractivity contribution in [2.75, 3.05) is 19.6 Å². The van der Waals surface area contributed by atoms with E-state index in [9.17, 15) is 18.0 Å². The minimum atomic E-state index is -4.41. The molecule has 2 N–H and O–H groups in total. The first-order valence-electron chi connectivity index (χ1n) is 9.57. The van der Waals surface area contributed by atoms with Gasteiger partial charge in [0.2, 0.25) is 5.91 Å². The maximum Gasteiger partial charge on any atom is 0.416 e. The summed E-state index contributed by atoms with van der Waals surface area (Å²) in [6, 6.07) is 15.2. The van der Waals surface area contributed by atoms with Crippen LogP contribution in [0.2, 0.25) is 0 Å². The van der Waals surface area contributed by atoms with Crippen molar-refractivity contribution in [1.29, 1.82) is 0 Å². The molecule has 0 bridgehead atoms. The summed E-state index contributed by atoms with van der Waals surface area (Å²) in [7, 11) is 0. The van der Waals surface area contributed by atoms with Gasteiger partial charge in [-0.2, -0.15) is 13.2 Å². The second-order valence-corrected chi connectivity index (χ2v) is 7.88. The van der Waals surface area contributed by atoms with E-state index in [0.29, 0.717) is 38.0 Å². The summed E-state index contributed by atoms with van der Waals surface area (Å²) < 4.78 is 39.3. The van der Waals surface area contributed by atoms with E-state index < -0.39 is 17.2 Å². The molecular weight excluding hydrogens is 401 g/mol. The topological polar surface area (TPSA) is 46.3 Å². The van der Waals surface area contributed by atoms with Crippen LogP contribution in [0.4, 0.5) is 13.2 Å². The van der Waals surface area contributed by atoms with Crippen LogP contribution in [0, 0.1) is 5.92 Å². The number of likely N-dealkylation sites (tertiary alicyclic amines) is 1. The van der Waals surface area contributed by atoms with Gasteiger partial charge in [0.15, 0.2) is 0 Å². The molecule has 1 saturated carbocycles. The molecule has 29 heavy (non-hydrogen) atoms. The number of hydrogen-bond donors (Lipinski definition) is 1. The van der Waals surface area contributed by atoms with E-state index in [4.69, 9.17) is 5.73 Å². The first kappa shape index (κ1) is 21.7. The Kier molecular flexibility index (Phi) is 5.97. The zero-order valence-corrected chi connectivity index (χ0v) is 16.7. The van der Waals surface area contributed by atoms with Crippen LogP contribution in [0.3, 0.4) is 0 Å². The molecule has 1 aliphatic carbocycles. The van der Waals surface area contributed by atoms with Gasteiger partial charge in [0.1, 0.15) is 0 Å². The largest absolute Gasteiger partial charge is 0.416 e. The third kappa shape index (κ3) is 4.01. The summed E-state index contributed by atoms with van der Waals surface area (Å²) in [5.74, 6) is 0.250. The van der Waals surface area contributed by atoms with Gasteiger partial charge in [-0.3, -0.25) is 4.79 Å². The number of alkyl halides is 3. The Bertz CT molecular complexity index is 868. The van der Waals surface area contributed by atoms with Gasteiger partial charge >= 0.3 is 6.18 Å². The summed E-state index contributed by atoms with van der Waals surface area (Å²) in [6.07, 6.45) is -3.23. The Morgan fingerprint density at radius 1 is 1.07 bits per heavy atom. The molecule has 1 aliphatic heterocycles. The summed E-state index contributed by atoms with van der Waals surface area (Å²) >= 11 is 0. The van der Waals surface area contributed by atoms with E-state index in [1.165, 1.54) is 6.07 Å². The summed E-state index contributed by atoms with van der Waals surface area (Å²) in [5.41, 5.74) is 6.07. The van der Waals surface area contributed by atoms with Crippen molar-refractivity contribution in [3.8, 4) is 0 Å². The van der Waals surface area contributed by atoms with E-state index in [-0.39, 0.29) is 30.2 Å². The Hall–Kier alpha value is -2.05. The SMILES string of the molecule is Cl.NC[C@@H]1CN(C(=O)C2(c3cccc(C(F)(F)F)c3)CC2)C[C@H]1c1ccccc1. The number of amides is 1. The molecule has 0 aromatic heterocycles. The van der Waals surface area contributed by atoms with Crippen LogP contribution in [0.5, 0.6) is 0 Å². The smallest absolute Gasteiger partial charge is 0.341 e. The predicted octanol–water partition coefficient (Wildman–Crippen LogP) is 4.36. The van der Waals surface area contributed by atoms with Crippen molar-refractivity contribution < 1.29 is 18.0 Å². The van der Waals surface area contributed by atoms with Crippen molar-refractivity contribution in [3.63, 3.8) is 0 Å². The van der Waals surface area contributed by atoms with Gasteiger partial charge in [0, 0.05) is 19.0 Å². The lowest BCUT2D eigenvalue weighted by Gasteiger charge is -2.24. The fourth-order valence-electron chi connectivity index (χ4n) is 4.40. The van der Waals surface area contributed by atoms with E-state index in [0.717, 1.165) is 17.7 Å². The zero-order chi connectivity index (χ0) is 19.9. The van der Waals surface area contributed by atoms with Gasteiger partial charge < -0.3 is 10.6 Å². The molecule has 2 aliphatic rings. The number of nitrogens with two attached hydrogens (primary N) is 1. The number of halogens is 4. The third-order valence-electron chi connectivity index (χ3n) is 6.16. The average molecular weight is 425 g/mol. The van der Waals surface area contributed by atoms with Crippen LogP contribution < -0.4 is 5.73 Å². The predicted molar refractivity (Wildman–Crippen MR) is 108 cm³/mol. The van der Waals surface area contributed by atoms with Crippen LogP contribution >= 0.6 is 12.4 Å². The Labute approximate surface area is 174 Å². The molecular formula is C22H24ClF3N2O. The Balaban J connectivity index is 0.00000240. The van der Waals surface area contributed by atoms with Crippen LogP contribution in [-0.4, -0.2) is 30.4 Å². The van der Waals surface area contributed by atoms with Crippen molar-refractivity contribution in [2.45, 2.75) is 30.4 Å². The molecule has 1 saturated heterocycles. The summed E-state index contributed by atoms with van der Waals surface area (Å²) in [5, 5.41) is 0. The summed E-state index contributed by atoms with van der Waals surface area (Å²) in [6.45, 7) is 1.58. The highest BCUT2D eigenvalue weighted by Gasteiger charge is 2.55. The number of benzene rings is 2. The van der Waals surface area contributed by atoms with E-state index in [2.05, 4.69) is 0 Å². The Morgan fingerprint density at radius 2 is 1.76 bits per heavy atom. The monoisotopic (exact) mass is 424 g/mol. The Morgan fingerprint density at radius 3 is 2.34 bits per heavy atom. The van der Waals surface area contributed by atoms with E-state index in [1.807, 2.05) is 35.2 Å². The van der Waals surface area contributed by atoms with Crippen LogP contribution in [-0.2, 0) is 16.4 Å². The fraction of sp³-hybridized carbons (Fsp3) is 0.409. The minimum absolute atomic E-state index is 0. The maximum atomic E-state index is 13.3. The summed E-state index contributed by atoms with van der Waals surface area (Å²) in [4.78, 5) is 15.1. The molecule has 156 valence electrons. The van der Waals surface area contributed by atoms with E-state index in [1.54, 1.807) is 6.07 Å². The number of carbonyl (C=O) groups excluding carboxylic acids is 1. The van der Waals surface area contributed by atoms with Crippen molar-refractivity contribution in [1.82, 2.24) is 4.90 Å². The van der Waals surface area contributed by atoms with Crippen molar-refractivity contribution in [3.05, 3.63) is 71.3 Å². The number of carbonyl (C=O) groups is 1. The number of hydrogen-bond acceptors (Lipinski definition) is 2. The molecule has 0 spiro atoms. The second kappa shape index (κ2) is 8.00. The zero-order valence-electron chi connectivity index (χ0n) is 15.9. The molecule has 0 unspecified atom stereocenters. The molecule has 2 aromatic rings. The van der Waals surface area contributed by atoms with Gasteiger partial charge in [-0.05, 0) is 42.5 Å². The van der Waals surface area contributed by atoms with Crippen LogP contribution in [0.1, 0.15) is 35.4 Å². The first-order chi connectivity index (χ1) is 13.3. The van der Waals surface area contributed by atoms with Crippen LogP contribution in [0.25, 0.3) is 0 Å². The van der Waals surface area contributed by atoms with Crippen molar-refractivity contribution in [2.24, 2.45) is 11.7 Å². The van der Waals surface area contributed by atoms with Crippen molar-refractivity contribution >= 4 is 18.3 Å². The molecule has 1 heterocycles. The molecule has 0 radical (unpaired) electrons. The number of rotatable bonds is 4. The number of nitrogens with zero attached hydrogens (tertiary/aromatic N) is 1. The highest BCUT2D eigenvalue weighted by Crippen LogP contribution is 2.51. The lowest BCUT2D eigenvalue weighted by atomic mass is 9.89. The molecule has 7 heteroatoms. The lowest BCUT2D eigenvalue weighted by molar-refractivity contribution is -0.138. The normalized spacial score (nSPS) is 22.8. The molecule has 1 amide bonds. The average Bonchev–Trinajstić information content (AvgIpc) is 3.40. The van der Waals surface area contributed by atoms with Gasteiger partial charge in [0.05, 0.1) is 11.0 Å². The van der Waals surface area contributed by atoms with Gasteiger partial charge in [0.25, 0.3) is 0 Å². The molecule has 4 rings (SSSR count). The third-order valence-corrected chi connectivity index (χ3v) is 6.16. The highest BCUT2D eigenvalue weighted by molar-refractivity contribution is 5.91.